The molecule has 9 heteroatoms. The van der Waals surface area contributed by atoms with Gasteiger partial charge in [0.25, 0.3) is 0 Å². The van der Waals surface area contributed by atoms with Gasteiger partial charge in [0.1, 0.15) is 0 Å². The van der Waals surface area contributed by atoms with Crippen LogP contribution >= 0.6 is 0 Å². The Kier molecular flexibility index (Phi) is 5.50. The monoisotopic (exact) mass is 437 g/mol. The van der Waals surface area contributed by atoms with Crippen LogP contribution in [0, 0.1) is 0 Å². The Morgan fingerprint density at radius 2 is 2.00 bits per heavy atom. The average Bonchev–Trinajstić information content (AvgIpc) is 3.17. The van der Waals surface area contributed by atoms with E-state index in [1.807, 2.05) is 32.4 Å². The Hall–Kier alpha value is -3.07. The lowest BCUT2D eigenvalue weighted by Crippen LogP contribution is -2.56. The number of anilines is 4. The van der Waals surface area contributed by atoms with E-state index in [0.717, 1.165) is 17.2 Å². The first-order chi connectivity index (χ1) is 15.5. The van der Waals surface area contributed by atoms with Crippen molar-refractivity contribution in [2.45, 2.75) is 44.2 Å². The lowest BCUT2D eigenvalue weighted by molar-refractivity contribution is 0.0894. The molecular formula is C23H31N7O2. The van der Waals surface area contributed by atoms with Crippen LogP contribution in [0.4, 0.5) is 23.1 Å². The molecule has 0 unspecified atom stereocenters. The quantitative estimate of drug-likeness (QED) is 0.629. The summed E-state index contributed by atoms with van der Waals surface area (Å²) in [5, 5.41) is 3.28. The molecule has 0 saturated carbocycles. The Balaban J connectivity index is 1.45. The maximum Gasteiger partial charge on any atom is 0.417 e. The number of H-pyrrole nitrogens is 1. The van der Waals surface area contributed by atoms with Gasteiger partial charge in [-0.25, -0.2) is 9.78 Å². The molecule has 0 spiro atoms. The number of benzene rings is 1. The van der Waals surface area contributed by atoms with Crippen LogP contribution < -0.4 is 20.9 Å². The number of piperidine rings is 2. The molecule has 2 N–H and O–H groups in total. The highest BCUT2D eigenvalue weighted by Crippen LogP contribution is 2.34. The van der Waals surface area contributed by atoms with Crippen LogP contribution in [-0.4, -0.2) is 66.2 Å². The maximum atomic E-state index is 11.4. The fraction of sp³-hybridized carbons (Fsp3) is 0.522. The van der Waals surface area contributed by atoms with E-state index in [9.17, 15) is 4.79 Å². The van der Waals surface area contributed by atoms with E-state index in [4.69, 9.17) is 9.40 Å². The molecule has 2 aromatic heterocycles. The second-order valence-corrected chi connectivity index (χ2v) is 9.07. The molecule has 2 aliphatic rings. The summed E-state index contributed by atoms with van der Waals surface area (Å²) in [7, 11) is 6.23. The zero-order valence-electron chi connectivity index (χ0n) is 19.0. The van der Waals surface area contributed by atoms with E-state index in [1.54, 1.807) is 6.07 Å². The van der Waals surface area contributed by atoms with Gasteiger partial charge in [0.15, 0.2) is 11.4 Å². The topological polar surface area (TPSA) is 93.5 Å². The molecule has 4 heterocycles. The Bertz CT molecular complexity index is 1150. The number of rotatable bonds is 5. The minimum Gasteiger partial charge on any atom is -0.408 e. The predicted octanol–water partition coefficient (Wildman–Crippen LogP) is 3.17. The van der Waals surface area contributed by atoms with Crippen LogP contribution in [0.2, 0.25) is 0 Å². The standard InChI is InChI=1S/C23H31N7O2/c1-28(2)19-14-24-22(25-15-9-10-20-16(13-15)26-23(31)32-20)27-21(19)29(3)17-8-6-12-30-11-5-4-7-18(17)30/h9-10,13-14,17-18H,4-8,11-12H2,1-3H3,(H,26,31)(H,24,25,27)/t17-,18+/m0/s1. The molecule has 32 heavy (non-hydrogen) atoms. The van der Waals surface area contributed by atoms with Gasteiger partial charge in [0.2, 0.25) is 5.95 Å². The van der Waals surface area contributed by atoms with Crippen molar-refractivity contribution in [2.75, 3.05) is 49.3 Å². The Labute approximate surface area is 187 Å². The third-order valence-electron chi connectivity index (χ3n) is 6.79. The van der Waals surface area contributed by atoms with Crippen molar-refractivity contribution in [3.05, 3.63) is 34.9 Å². The van der Waals surface area contributed by atoms with Crippen LogP contribution in [0.5, 0.6) is 0 Å². The van der Waals surface area contributed by atoms with E-state index in [-0.39, 0.29) is 0 Å². The van der Waals surface area contributed by atoms with Crippen LogP contribution in [0.15, 0.2) is 33.6 Å². The van der Waals surface area contributed by atoms with Gasteiger partial charge in [-0.1, -0.05) is 6.42 Å². The first kappa shape index (κ1) is 20.8. The summed E-state index contributed by atoms with van der Waals surface area (Å²) in [6.07, 6.45) is 8.15. The van der Waals surface area contributed by atoms with Gasteiger partial charge in [-0.3, -0.25) is 9.88 Å². The summed E-state index contributed by atoms with van der Waals surface area (Å²) in [6.45, 7) is 2.43. The normalized spacial score (nSPS) is 21.3. The van der Waals surface area contributed by atoms with Gasteiger partial charge in [0, 0.05) is 38.9 Å². The van der Waals surface area contributed by atoms with Crippen LogP contribution in [0.3, 0.4) is 0 Å². The van der Waals surface area contributed by atoms with Crippen LogP contribution in [0.25, 0.3) is 11.1 Å². The van der Waals surface area contributed by atoms with E-state index in [1.165, 1.54) is 45.2 Å². The zero-order chi connectivity index (χ0) is 22.2. The molecule has 3 aromatic rings. The van der Waals surface area contributed by atoms with E-state index in [2.05, 4.69) is 37.0 Å². The van der Waals surface area contributed by atoms with Crippen molar-refractivity contribution < 1.29 is 4.42 Å². The number of likely N-dealkylation sites (N-methyl/N-ethyl adjacent to an activating group) is 1. The summed E-state index contributed by atoms with van der Waals surface area (Å²) in [4.78, 5) is 30.7. The van der Waals surface area contributed by atoms with Gasteiger partial charge >= 0.3 is 5.76 Å². The van der Waals surface area contributed by atoms with Crippen molar-refractivity contribution in [3.63, 3.8) is 0 Å². The van der Waals surface area contributed by atoms with Gasteiger partial charge in [0.05, 0.1) is 17.4 Å². The highest BCUT2D eigenvalue weighted by atomic mass is 16.4. The molecule has 170 valence electrons. The number of hydrogen-bond acceptors (Lipinski definition) is 8. The van der Waals surface area contributed by atoms with Crippen molar-refractivity contribution in [2.24, 2.45) is 0 Å². The van der Waals surface area contributed by atoms with E-state index < -0.39 is 5.76 Å². The Morgan fingerprint density at radius 1 is 1.16 bits per heavy atom. The third-order valence-corrected chi connectivity index (χ3v) is 6.79. The van der Waals surface area contributed by atoms with Gasteiger partial charge in [-0.2, -0.15) is 4.98 Å². The fourth-order valence-electron chi connectivity index (χ4n) is 5.20. The van der Waals surface area contributed by atoms with E-state index >= 15 is 0 Å². The summed E-state index contributed by atoms with van der Waals surface area (Å²) in [5.41, 5.74) is 2.96. The number of oxazole rings is 1. The smallest absolute Gasteiger partial charge is 0.408 e. The number of aromatic amines is 1. The number of hydrogen-bond donors (Lipinski definition) is 2. The van der Waals surface area contributed by atoms with Crippen LogP contribution in [0.1, 0.15) is 32.1 Å². The fourth-order valence-corrected chi connectivity index (χ4v) is 5.20. The number of aromatic nitrogens is 3. The molecule has 2 atom stereocenters. The summed E-state index contributed by atoms with van der Waals surface area (Å²) in [5.74, 6) is 0.999. The molecule has 0 aliphatic carbocycles. The molecular weight excluding hydrogens is 406 g/mol. The summed E-state index contributed by atoms with van der Waals surface area (Å²) >= 11 is 0. The number of fused-ring (bicyclic) bond motifs is 2. The van der Waals surface area contributed by atoms with Crippen molar-refractivity contribution in [3.8, 4) is 0 Å². The number of nitrogens with zero attached hydrogens (tertiary/aromatic N) is 5. The molecule has 5 rings (SSSR count). The average molecular weight is 438 g/mol. The highest BCUT2D eigenvalue weighted by Gasteiger charge is 2.36. The second kappa shape index (κ2) is 8.46. The minimum absolute atomic E-state index is 0.442. The minimum atomic E-state index is -0.461. The molecule has 2 saturated heterocycles. The second-order valence-electron chi connectivity index (χ2n) is 9.07. The largest absolute Gasteiger partial charge is 0.417 e. The Morgan fingerprint density at radius 3 is 2.84 bits per heavy atom. The van der Waals surface area contributed by atoms with Crippen molar-refractivity contribution in [1.82, 2.24) is 19.9 Å². The molecule has 0 bridgehead atoms. The molecule has 0 amide bonds. The molecule has 2 aliphatic heterocycles. The summed E-state index contributed by atoms with van der Waals surface area (Å²) in [6, 6.07) is 6.47. The van der Waals surface area contributed by atoms with Gasteiger partial charge in [-0.05, 0) is 57.0 Å². The zero-order valence-corrected chi connectivity index (χ0v) is 19.0. The van der Waals surface area contributed by atoms with Crippen molar-refractivity contribution >= 4 is 34.2 Å². The van der Waals surface area contributed by atoms with Gasteiger partial charge < -0.3 is 19.5 Å². The predicted molar refractivity (Wildman–Crippen MR) is 127 cm³/mol. The number of nitrogens with one attached hydrogen (secondary N) is 2. The SMILES string of the molecule is CN(C)c1cnc(Nc2ccc3oc(=O)[nH]c3c2)nc1N(C)[C@H]1CCCN2CCCC[C@H]12. The first-order valence-electron chi connectivity index (χ1n) is 11.4. The molecule has 2 fully saturated rings. The van der Waals surface area contributed by atoms with Gasteiger partial charge in [-0.15, -0.1) is 0 Å². The highest BCUT2D eigenvalue weighted by molar-refractivity contribution is 5.78. The van der Waals surface area contributed by atoms with Crippen molar-refractivity contribution in [1.29, 1.82) is 0 Å². The summed E-state index contributed by atoms with van der Waals surface area (Å²) < 4.78 is 5.09. The lowest BCUT2D eigenvalue weighted by Gasteiger charge is -2.48. The first-order valence-corrected chi connectivity index (χ1v) is 11.4. The van der Waals surface area contributed by atoms with E-state index in [0.29, 0.717) is 29.1 Å². The van der Waals surface area contributed by atoms with Crippen LogP contribution in [-0.2, 0) is 0 Å². The lowest BCUT2D eigenvalue weighted by atomic mass is 9.88. The molecule has 9 nitrogen and oxygen atoms in total. The third kappa shape index (κ3) is 3.92. The molecule has 0 radical (unpaired) electrons. The maximum absolute atomic E-state index is 11.4. The molecule has 1 aromatic carbocycles.